The Labute approximate surface area is 148 Å². The summed E-state index contributed by atoms with van der Waals surface area (Å²) in [5, 5.41) is 2.95. The highest BCUT2D eigenvalue weighted by molar-refractivity contribution is 5.94. The number of nitrogens with one attached hydrogen (secondary N) is 1. The van der Waals surface area contributed by atoms with Gasteiger partial charge in [-0.05, 0) is 58.3 Å². The second-order valence-corrected chi connectivity index (χ2v) is 5.73. The number of furan rings is 1. The van der Waals surface area contributed by atoms with Gasteiger partial charge in [-0.3, -0.25) is 9.69 Å². The van der Waals surface area contributed by atoms with E-state index in [2.05, 4.69) is 5.32 Å². The fourth-order valence-corrected chi connectivity index (χ4v) is 2.50. The van der Waals surface area contributed by atoms with Gasteiger partial charge in [-0.1, -0.05) is 0 Å². The molecule has 0 unspecified atom stereocenters. The van der Waals surface area contributed by atoms with Crippen molar-refractivity contribution in [1.29, 1.82) is 0 Å². The van der Waals surface area contributed by atoms with E-state index >= 15 is 0 Å². The van der Waals surface area contributed by atoms with Gasteiger partial charge in [0.25, 0.3) is 5.91 Å². The third-order valence-corrected chi connectivity index (χ3v) is 3.76. The van der Waals surface area contributed by atoms with E-state index in [-0.39, 0.29) is 11.9 Å². The Balaban J connectivity index is 2.08. The van der Waals surface area contributed by atoms with E-state index in [9.17, 15) is 4.79 Å². The molecule has 2 rings (SSSR count). The first kappa shape index (κ1) is 18.9. The second kappa shape index (κ2) is 9.13. The number of ether oxygens (including phenoxy) is 2. The average molecular weight is 346 g/mol. The number of amides is 1. The van der Waals surface area contributed by atoms with E-state index < -0.39 is 0 Å². The summed E-state index contributed by atoms with van der Waals surface area (Å²) in [6.07, 6.45) is 1.63. The minimum atomic E-state index is -0.164. The number of rotatable bonds is 9. The maximum Gasteiger partial charge on any atom is 0.251 e. The topological polar surface area (TPSA) is 63.9 Å². The highest BCUT2D eigenvalue weighted by atomic mass is 16.5. The Hall–Kier alpha value is -2.47. The fourth-order valence-electron chi connectivity index (χ4n) is 2.50. The first-order chi connectivity index (χ1) is 12.1. The zero-order valence-corrected chi connectivity index (χ0v) is 15.2. The van der Waals surface area contributed by atoms with Crippen LogP contribution >= 0.6 is 0 Å². The van der Waals surface area contributed by atoms with Gasteiger partial charge in [-0.2, -0.15) is 0 Å². The van der Waals surface area contributed by atoms with E-state index in [1.165, 1.54) is 0 Å². The van der Waals surface area contributed by atoms with Gasteiger partial charge in [0.05, 0.1) is 25.5 Å². The standard InChI is InChI=1S/C19H26N2O4/c1-5-23-17-10-9-14(12-18(17)24-6-2)19(22)20-13-15(21(3)4)16-8-7-11-25-16/h7-12,15H,5-6,13H2,1-4H3,(H,20,22)/t15-/m0/s1. The Bertz CT molecular complexity index is 668. The lowest BCUT2D eigenvalue weighted by atomic mass is 10.1. The monoisotopic (exact) mass is 346 g/mol. The number of likely N-dealkylation sites (N-methyl/N-ethyl adjacent to an activating group) is 1. The zero-order chi connectivity index (χ0) is 18.2. The Morgan fingerprint density at radius 1 is 1.16 bits per heavy atom. The Kier molecular flexibility index (Phi) is 6.89. The highest BCUT2D eigenvalue weighted by Gasteiger charge is 2.19. The van der Waals surface area contributed by atoms with Crippen LogP contribution in [0.15, 0.2) is 41.0 Å². The van der Waals surface area contributed by atoms with Gasteiger partial charge < -0.3 is 19.2 Å². The molecule has 0 saturated carbocycles. The summed E-state index contributed by atoms with van der Waals surface area (Å²) in [5.41, 5.74) is 0.531. The molecule has 0 aliphatic heterocycles. The third-order valence-electron chi connectivity index (χ3n) is 3.76. The van der Waals surface area contributed by atoms with Gasteiger partial charge in [0.1, 0.15) is 5.76 Å². The van der Waals surface area contributed by atoms with Crippen LogP contribution in [-0.4, -0.2) is 44.7 Å². The van der Waals surface area contributed by atoms with Gasteiger partial charge in [-0.25, -0.2) is 0 Å². The summed E-state index contributed by atoms with van der Waals surface area (Å²) < 4.78 is 16.6. The number of hydrogen-bond donors (Lipinski definition) is 1. The highest BCUT2D eigenvalue weighted by Crippen LogP contribution is 2.28. The van der Waals surface area contributed by atoms with Crippen LogP contribution in [0.25, 0.3) is 0 Å². The number of nitrogens with zero attached hydrogens (tertiary/aromatic N) is 1. The minimum Gasteiger partial charge on any atom is -0.490 e. The zero-order valence-electron chi connectivity index (χ0n) is 15.2. The number of benzene rings is 1. The molecule has 0 aliphatic carbocycles. The fraction of sp³-hybridized carbons (Fsp3) is 0.421. The molecule has 136 valence electrons. The molecule has 6 nitrogen and oxygen atoms in total. The molecule has 0 fully saturated rings. The van der Waals surface area contributed by atoms with Crippen LogP contribution in [0.2, 0.25) is 0 Å². The van der Waals surface area contributed by atoms with Crippen LogP contribution < -0.4 is 14.8 Å². The molecule has 1 N–H and O–H groups in total. The molecular formula is C19H26N2O4. The summed E-state index contributed by atoms with van der Waals surface area (Å²) in [6.45, 7) is 5.29. The molecule has 6 heteroatoms. The SMILES string of the molecule is CCOc1ccc(C(=O)NC[C@@H](c2ccco2)N(C)C)cc1OCC. The maximum atomic E-state index is 12.5. The molecule has 1 amide bonds. The Morgan fingerprint density at radius 3 is 2.48 bits per heavy atom. The van der Waals surface area contributed by atoms with Crippen molar-refractivity contribution in [2.75, 3.05) is 33.9 Å². The van der Waals surface area contributed by atoms with E-state index in [0.717, 1.165) is 5.76 Å². The summed E-state index contributed by atoms with van der Waals surface area (Å²) in [4.78, 5) is 14.5. The van der Waals surface area contributed by atoms with Gasteiger partial charge in [-0.15, -0.1) is 0 Å². The number of carbonyl (C=O) groups excluding carboxylic acids is 1. The van der Waals surface area contributed by atoms with E-state index in [1.54, 1.807) is 24.5 Å². The van der Waals surface area contributed by atoms with E-state index in [4.69, 9.17) is 13.9 Å². The first-order valence-electron chi connectivity index (χ1n) is 8.44. The van der Waals surface area contributed by atoms with Crippen LogP contribution in [0.5, 0.6) is 11.5 Å². The van der Waals surface area contributed by atoms with Crippen molar-refractivity contribution in [2.24, 2.45) is 0 Å². The lowest BCUT2D eigenvalue weighted by molar-refractivity contribution is 0.0938. The molecule has 1 aromatic carbocycles. The molecule has 1 heterocycles. The molecule has 0 bridgehead atoms. The van der Waals surface area contributed by atoms with Crippen LogP contribution in [-0.2, 0) is 0 Å². The minimum absolute atomic E-state index is 0.0342. The van der Waals surface area contributed by atoms with Crippen LogP contribution in [0, 0.1) is 0 Å². The molecule has 0 radical (unpaired) electrons. The quantitative estimate of drug-likeness (QED) is 0.756. The predicted octanol–water partition coefficient (Wildman–Crippen LogP) is 3.11. The maximum absolute atomic E-state index is 12.5. The molecular weight excluding hydrogens is 320 g/mol. The normalized spacial score (nSPS) is 12.0. The lowest BCUT2D eigenvalue weighted by Gasteiger charge is -2.22. The third kappa shape index (κ3) is 5.00. The second-order valence-electron chi connectivity index (χ2n) is 5.73. The van der Waals surface area contributed by atoms with Gasteiger partial charge in [0.2, 0.25) is 0 Å². The van der Waals surface area contributed by atoms with Gasteiger partial charge >= 0.3 is 0 Å². The van der Waals surface area contributed by atoms with Gasteiger partial charge in [0.15, 0.2) is 11.5 Å². The van der Waals surface area contributed by atoms with Crippen LogP contribution in [0.4, 0.5) is 0 Å². The van der Waals surface area contributed by atoms with E-state index in [1.807, 2.05) is 45.0 Å². The van der Waals surface area contributed by atoms with Crippen molar-refractivity contribution in [3.8, 4) is 11.5 Å². The first-order valence-corrected chi connectivity index (χ1v) is 8.44. The Morgan fingerprint density at radius 2 is 1.88 bits per heavy atom. The molecule has 1 aromatic heterocycles. The van der Waals surface area contributed by atoms with Crippen LogP contribution in [0.1, 0.15) is 36.0 Å². The predicted molar refractivity (Wildman–Crippen MR) is 96.2 cm³/mol. The summed E-state index contributed by atoms with van der Waals surface area (Å²) in [7, 11) is 3.90. The van der Waals surface area contributed by atoms with Crippen LogP contribution in [0.3, 0.4) is 0 Å². The largest absolute Gasteiger partial charge is 0.490 e. The summed E-state index contributed by atoms with van der Waals surface area (Å²) in [5.74, 6) is 1.87. The molecule has 0 aliphatic rings. The van der Waals surface area contributed by atoms with Gasteiger partial charge in [0, 0.05) is 12.1 Å². The molecule has 1 atom stereocenters. The van der Waals surface area contributed by atoms with Crippen molar-refractivity contribution >= 4 is 5.91 Å². The van der Waals surface area contributed by atoms with E-state index in [0.29, 0.717) is 36.8 Å². The smallest absolute Gasteiger partial charge is 0.251 e. The molecule has 0 saturated heterocycles. The average Bonchev–Trinajstić information content (AvgIpc) is 3.10. The van der Waals surface area contributed by atoms with Crippen molar-refractivity contribution < 1.29 is 18.7 Å². The molecule has 0 spiro atoms. The lowest BCUT2D eigenvalue weighted by Crippen LogP contribution is -2.34. The number of hydrogen-bond acceptors (Lipinski definition) is 5. The van der Waals surface area contributed by atoms with Crippen molar-refractivity contribution in [3.63, 3.8) is 0 Å². The molecule has 2 aromatic rings. The summed E-state index contributed by atoms with van der Waals surface area (Å²) >= 11 is 0. The van der Waals surface area contributed by atoms with Crippen molar-refractivity contribution in [3.05, 3.63) is 47.9 Å². The van der Waals surface area contributed by atoms with Crippen molar-refractivity contribution in [1.82, 2.24) is 10.2 Å². The molecule has 25 heavy (non-hydrogen) atoms. The van der Waals surface area contributed by atoms with Crippen molar-refractivity contribution in [2.45, 2.75) is 19.9 Å². The summed E-state index contributed by atoms with van der Waals surface area (Å²) in [6, 6.07) is 8.92. The number of carbonyl (C=O) groups is 1.